The Hall–Kier alpha value is -2.11. The van der Waals surface area contributed by atoms with Crippen molar-refractivity contribution in [3.8, 4) is 16.9 Å². The van der Waals surface area contributed by atoms with E-state index in [0.717, 1.165) is 0 Å². The van der Waals surface area contributed by atoms with Gasteiger partial charge < -0.3 is 5.11 Å². The van der Waals surface area contributed by atoms with Crippen LogP contribution in [0.3, 0.4) is 0 Å². The van der Waals surface area contributed by atoms with Crippen molar-refractivity contribution < 1.29 is 27.1 Å². The van der Waals surface area contributed by atoms with Crippen LogP contribution in [0.2, 0.25) is 0 Å². The highest BCUT2D eigenvalue weighted by atomic mass is 19.1. The Kier molecular flexibility index (Phi) is 4.97. The SMILES string of the molecule is Oc1c(F)cc(-c2c(F)cc(C3CCC(CF)CC3)cc2F)cc1F. The first-order valence-corrected chi connectivity index (χ1v) is 8.14. The summed E-state index contributed by atoms with van der Waals surface area (Å²) in [7, 11) is 0. The normalized spacial score (nSPS) is 20.7. The van der Waals surface area contributed by atoms with Crippen molar-refractivity contribution in [2.24, 2.45) is 5.92 Å². The zero-order chi connectivity index (χ0) is 18.1. The summed E-state index contributed by atoms with van der Waals surface area (Å²) in [6.45, 7) is -0.383. The van der Waals surface area contributed by atoms with Crippen LogP contribution in [0.1, 0.15) is 37.2 Å². The quantitative estimate of drug-likeness (QED) is 0.683. The van der Waals surface area contributed by atoms with E-state index < -0.39 is 34.6 Å². The van der Waals surface area contributed by atoms with E-state index in [0.29, 0.717) is 43.4 Å². The number of phenols is 1. The maximum absolute atomic E-state index is 14.5. The van der Waals surface area contributed by atoms with Crippen molar-refractivity contribution in [1.82, 2.24) is 0 Å². The summed E-state index contributed by atoms with van der Waals surface area (Å²) in [5.41, 5.74) is -0.398. The molecule has 0 heterocycles. The summed E-state index contributed by atoms with van der Waals surface area (Å²) in [5.74, 6) is -5.67. The molecule has 3 rings (SSSR count). The van der Waals surface area contributed by atoms with E-state index in [-0.39, 0.29) is 24.1 Å². The van der Waals surface area contributed by atoms with Gasteiger partial charge in [0.1, 0.15) is 11.6 Å². The number of phenolic OH excluding ortho intramolecular Hbond substituents is 1. The number of rotatable bonds is 3. The second kappa shape index (κ2) is 7.02. The molecule has 2 aromatic carbocycles. The predicted molar refractivity (Wildman–Crippen MR) is 84.0 cm³/mol. The van der Waals surface area contributed by atoms with Crippen LogP contribution in [-0.4, -0.2) is 11.8 Å². The number of halogens is 5. The summed E-state index contributed by atoms with van der Waals surface area (Å²) >= 11 is 0. The van der Waals surface area contributed by atoms with Gasteiger partial charge >= 0.3 is 0 Å². The largest absolute Gasteiger partial charge is 0.503 e. The van der Waals surface area contributed by atoms with Gasteiger partial charge in [-0.05, 0) is 72.9 Å². The van der Waals surface area contributed by atoms with E-state index in [1.165, 1.54) is 12.1 Å². The third-order valence-electron chi connectivity index (χ3n) is 4.91. The van der Waals surface area contributed by atoms with Crippen LogP contribution >= 0.6 is 0 Å². The van der Waals surface area contributed by atoms with E-state index in [4.69, 9.17) is 5.11 Å². The van der Waals surface area contributed by atoms with Gasteiger partial charge in [-0.25, -0.2) is 17.6 Å². The molecule has 134 valence electrons. The third kappa shape index (κ3) is 3.48. The van der Waals surface area contributed by atoms with Gasteiger partial charge in [0, 0.05) is 0 Å². The molecule has 1 aliphatic rings. The molecule has 0 bridgehead atoms. The zero-order valence-electron chi connectivity index (χ0n) is 13.3. The molecular formula is C19H17F5O. The van der Waals surface area contributed by atoms with E-state index in [1.807, 2.05) is 0 Å². The van der Waals surface area contributed by atoms with Crippen molar-refractivity contribution in [2.45, 2.75) is 31.6 Å². The molecule has 0 amide bonds. The second-order valence-corrected chi connectivity index (χ2v) is 6.52. The fraction of sp³-hybridized carbons (Fsp3) is 0.368. The predicted octanol–water partition coefficient (Wildman–Crippen LogP) is 5.86. The van der Waals surface area contributed by atoms with Crippen LogP contribution in [-0.2, 0) is 0 Å². The molecule has 1 N–H and O–H groups in total. The Labute approximate surface area is 142 Å². The topological polar surface area (TPSA) is 20.2 Å². The molecule has 0 atom stereocenters. The first-order valence-electron chi connectivity index (χ1n) is 8.14. The van der Waals surface area contributed by atoms with Crippen molar-refractivity contribution in [3.63, 3.8) is 0 Å². The molecule has 0 aromatic heterocycles. The molecule has 0 unspecified atom stereocenters. The smallest absolute Gasteiger partial charge is 0.187 e. The van der Waals surface area contributed by atoms with Gasteiger partial charge in [-0.15, -0.1) is 0 Å². The Morgan fingerprint density at radius 2 is 1.32 bits per heavy atom. The lowest BCUT2D eigenvalue weighted by molar-refractivity contribution is 0.263. The fourth-order valence-electron chi connectivity index (χ4n) is 3.46. The number of alkyl halides is 1. The number of benzene rings is 2. The minimum Gasteiger partial charge on any atom is -0.503 e. The first kappa shape index (κ1) is 17.7. The molecule has 0 spiro atoms. The van der Waals surface area contributed by atoms with Crippen molar-refractivity contribution in [2.75, 3.05) is 6.67 Å². The van der Waals surface area contributed by atoms with Gasteiger partial charge in [0.15, 0.2) is 17.4 Å². The van der Waals surface area contributed by atoms with Gasteiger partial charge in [0.05, 0.1) is 12.2 Å². The Morgan fingerprint density at radius 3 is 1.80 bits per heavy atom. The summed E-state index contributed by atoms with van der Waals surface area (Å²) in [6.07, 6.45) is 2.63. The highest BCUT2D eigenvalue weighted by Gasteiger charge is 2.25. The molecular weight excluding hydrogens is 339 g/mol. The van der Waals surface area contributed by atoms with Crippen LogP contribution < -0.4 is 0 Å². The third-order valence-corrected chi connectivity index (χ3v) is 4.91. The Morgan fingerprint density at radius 1 is 0.800 bits per heavy atom. The van der Waals surface area contributed by atoms with E-state index in [1.54, 1.807) is 0 Å². The minimum absolute atomic E-state index is 0.00756. The van der Waals surface area contributed by atoms with Crippen molar-refractivity contribution in [1.29, 1.82) is 0 Å². The molecule has 0 radical (unpaired) electrons. The fourth-order valence-corrected chi connectivity index (χ4v) is 3.46. The zero-order valence-corrected chi connectivity index (χ0v) is 13.3. The lowest BCUT2D eigenvalue weighted by Crippen LogP contribution is -2.15. The first-order chi connectivity index (χ1) is 11.9. The highest BCUT2D eigenvalue weighted by Crippen LogP contribution is 2.39. The molecule has 1 aliphatic carbocycles. The molecule has 1 fully saturated rings. The van der Waals surface area contributed by atoms with Gasteiger partial charge in [0.2, 0.25) is 0 Å². The number of aromatic hydroxyl groups is 1. The number of hydrogen-bond donors (Lipinski definition) is 1. The molecule has 1 nitrogen and oxygen atoms in total. The molecule has 6 heteroatoms. The average Bonchev–Trinajstić information content (AvgIpc) is 2.59. The Balaban J connectivity index is 1.94. The molecule has 0 saturated heterocycles. The summed E-state index contributed by atoms with van der Waals surface area (Å²) in [4.78, 5) is 0. The van der Waals surface area contributed by atoms with Crippen LogP contribution in [0.4, 0.5) is 22.0 Å². The highest BCUT2D eigenvalue weighted by molar-refractivity contribution is 5.66. The molecule has 1 saturated carbocycles. The summed E-state index contributed by atoms with van der Waals surface area (Å²) in [6, 6.07) is 3.71. The lowest BCUT2D eigenvalue weighted by atomic mass is 9.79. The van der Waals surface area contributed by atoms with Gasteiger partial charge in [-0.2, -0.15) is 0 Å². The van der Waals surface area contributed by atoms with Crippen molar-refractivity contribution >= 4 is 0 Å². The van der Waals surface area contributed by atoms with Crippen LogP contribution in [0.15, 0.2) is 24.3 Å². The van der Waals surface area contributed by atoms with Crippen LogP contribution in [0, 0.1) is 29.2 Å². The Bertz CT molecular complexity index is 735. The average molecular weight is 356 g/mol. The lowest BCUT2D eigenvalue weighted by Gasteiger charge is -2.27. The number of hydrogen-bond acceptors (Lipinski definition) is 1. The van der Waals surface area contributed by atoms with Crippen LogP contribution in [0.5, 0.6) is 5.75 Å². The summed E-state index contributed by atoms with van der Waals surface area (Å²) < 4.78 is 68.5. The van der Waals surface area contributed by atoms with E-state index in [9.17, 15) is 22.0 Å². The summed E-state index contributed by atoms with van der Waals surface area (Å²) in [5, 5.41) is 9.11. The molecule has 0 aliphatic heterocycles. The van der Waals surface area contributed by atoms with E-state index in [2.05, 4.69) is 0 Å². The van der Waals surface area contributed by atoms with Gasteiger partial charge in [-0.3, -0.25) is 4.39 Å². The molecule has 25 heavy (non-hydrogen) atoms. The minimum atomic E-state index is -1.29. The monoisotopic (exact) mass is 356 g/mol. The van der Waals surface area contributed by atoms with E-state index >= 15 is 0 Å². The maximum atomic E-state index is 14.5. The van der Waals surface area contributed by atoms with Gasteiger partial charge in [-0.1, -0.05) is 0 Å². The van der Waals surface area contributed by atoms with Crippen LogP contribution in [0.25, 0.3) is 11.1 Å². The standard InChI is InChI=1S/C19H17F5O/c20-9-10-1-3-11(4-2-10)12-5-14(21)18(15(22)6-12)13-7-16(23)19(25)17(24)8-13/h5-8,10-11,25H,1-4,9H2. The van der Waals surface area contributed by atoms with Gasteiger partial charge in [0.25, 0.3) is 0 Å². The maximum Gasteiger partial charge on any atom is 0.187 e. The van der Waals surface area contributed by atoms with Crippen molar-refractivity contribution in [3.05, 3.63) is 53.1 Å². The molecule has 2 aromatic rings. The second-order valence-electron chi connectivity index (χ2n) is 6.52.